The summed E-state index contributed by atoms with van der Waals surface area (Å²) in [4.78, 5) is 16.2. The number of nitrogens with zero attached hydrogens (tertiary/aromatic N) is 2. The van der Waals surface area contributed by atoms with Crippen molar-refractivity contribution < 1.29 is 9.90 Å². The van der Waals surface area contributed by atoms with E-state index < -0.39 is 5.97 Å². The van der Waals surface area contributed by atoms with Gasteiger partial charge < -0.3 is 5.11 Å². The van der Waals surface area contributed by atoms with Crippen LogP contribution >= 0.6 is 0 Å². The Morgan fingerprint density at radius 2 is 1.82 bits per heavy atom. The number of hydrogen-bond acceptors (Lipinski definition) is 3. The van der Waals surface area contributed by atoms with Crippen LogP contribution in [0, 0.1) is 5.92 Å². The number of rotatable bonds is 4. The predicted molar refractivity (Wildman–Crippen MR) is 86.7 cm³/mol. The van der Waals surface area contributed by atoms with Crippen molar-refractivity contribution in [1.29, 1.82) is 0 Å². The molecule has 0 radical (unpaired) electrons. The molecular weight excluding hydrogens is 276 g/mol. The predicted octanol–water partition coefficient (Wildman–Crippen LogP) is 2.45. The van der Waals surface area contributed by atoms with E-state index in [1.54, 1.807) is 0 Å². The zero-order valence-electron chi connectivity index (χ0n) is 13.2. The fourth-order valence-corrected chi connectivity index (χ4v) is 3.85. The maximum atomic E-state index is 11.2. The molecule has 1 aromatic rings. The van der Waals surface area contributed by atoms with Crippen LogP contribution in [0.4, 0.5) is 0 Å². The molecule has 1 aliphatic heterocycles. The average molecular weight is 302 g/mol. The van der Waals surface area contributed by atoms with E-state index in [-0.39, 0.29) is 5.92 Å². The van der Waals surface area contributed by atoms with Crippen LogP contribution in [0.2, 0.25) is 0 Å². The van der Waals surface area contributed by atoms with Crippen LogP contribution in [0.1, 0.15) is 31.2 Å². The van der Waals surface area contributed by atoms with Crippen molar-refractivity contribution in [3.8, 4) is 0 Å². The van der Waals surface area contributed by atoms with Crippen LogP contribution < -0.4 is 0 Å². The Hall–Kier alpha value is -1.39. The molecule has 0 spiro atoms. The molecule has 1 saturated carbocycles. The van der Waals surface area contributed by atoms with E-state index in [0.29, 0.717) is 6.04 Å². The fraction of sp³-hybridized carbons (Fsp3) is 0.611. The van der Waals surface area contributed by atoms with Gasteiger partial charge in [-0.05, 0) is 24.8 Å². The molecule has 3 rings (SSSR count). The molecule has 1 aromatic carbocycles. The van der Waals surface area contributed by atoms with Crippen molar-refractivity contribution in [2.75, 3.05) is 26.2 Å². The van der Waals surface area contributed by atoms with Crippen molar-refractivity contribution in [3.05, 3.63) is 35.9 Å². The van der Waals surface area contributed by atoms with Crippen LogP contribution in [0.15, 0.2) is 30.3 Å². The number of carbonyl (C=O) groups is 1. The highest BCUT2D eigenvalue weighted by molar-refractivity contribution is 5.70. The molecule has 4 nitrogen and oxygen atoms in total. The number of hydrogen-bond donors (Lipinski definition) is 1. The van der Waals surface area contributed by atoms with Crippen molar-refractivity contribution in [3.63, 3.8) is 0 Å². The molecule has 0 unspecified atom stereocenters. The molecule has 1 saturated heterocycles. The maximum Gasteiger partial charge on any atom is 0.306 e. The first-order chi connectivity index (χ1) is 10.7. The van der Waals surface area contributed by atoms with Gasteiger partial charge in [-0.15, -0.1) is 0 Å². The number of carboxylic acid groups (broad SMARTS) is 1. The monoisotopic (exact) mass is 302 g/mol. The van der Waals surface area contributed by atoms with Gasteiger partial charge in [-0.3, -0.25) is 14.6 Å². The third-order valence-electron chi connectivity index (χ3n) is 5.17. The second kappa shape index (κ2) is 7.25. The lowest BCUT2D eigenvalue weighted by atomic mass is 9.85. The van der Waals surface area contributed by atoms with Gasteiger partial charge in [0.1, 0.15) is 0 Å². The third-order valence-corrected chi connectivity index (χ3v) is 5.17. The molecule has 4 heteroatoms. The van der Waals surface area contributed by atoms with E-state index >= 15 is 0 Å². The second-order valence-electron chi connectivity index (χ2n) is 6.65. The molecule has 22 heavy (non-hydrogen) atoms. The summed E-state index contributed by atoms with van der Waals surface area (Å²) in [6.45, 7) is 5.34. The minimum atomic E-state index is -0.604. The van der Waals surface area contributed by atoms with Gasteiger partial charge >= 0.3 is 5.97 Å². The van der Waals surface area contributed by atoms with Crippen LogP contribution in [-0.4, -0.2) is 53.1 Å². The topological polar surface area (TPSA) is 43.8 Å². The highest BCUT2D eigenvalue weighted by Gasteiger charge is 2.31. The largest absolute Gasteiger partial charge is 0.481 e. The third kappa shape index (κ3) is 3.87. The SMILES string of the molecule is O=C(O)[C@@H]1CCC[C@@H](N2CCN(Cc3ccccc3)CC2)C1. The molecular formula is C18H26N2O2. The molecule has 2 aliphatic rings. The number of carboxylic acids is 1. The van der Waals surface area contributed by atoms with Crippen LogP contribution in [0.25, 0.3) is 0 Å². The first-order valence-corrected chi connectivity index (χ1v) is 8.45. The van der Waals surface area contributed by atoms with Gasteiger partial charge in [0.2, 0.25) is 0 Å². The highest BCUT2D eigenvalue weighted by Crippen LogP contribution is 2.28. The lowest BCUT2D eigenvalue weighted by Crippen LogP contribution is -2.51. The minimum Gasteiger partial charge on any atom is -0.481 e. The summed E-state index contributed by atoms with van der Waals surface area (Å²) >= 11 is 0. The molecule has 0 amide bonds. The summed E-state index contributed by atoms with van der Waals surface area (Å²) in [6.07, 6.45) is 3.93. The molecule has 1 N–H and O–H groups in total. The minimum absolute atomic E-state index is 0.124. The Morgan fingerprint density at radius 1 is 1.09 bits per heavy atom. The first-order valence-electron chi connectivity index (χ1n) is 8.45. The Bertz CT molecular complexity index is 483. The van der Waals surface area contributed by atoms with Crippen LogP contribution in [0.3, 0.4) is 0 Å². The Kier molecular flexibility index (Phi) is 5.11. The quantitative estimate of drug-likeness (QED) is 0.928. The average Bonchev–Trinajstić information content (AvgIpc) is 2.56. The van der Waals surface area contributed by atoms with Gasteiger partial charge in [-0.1, -0.05) is 36.8 Å². The van der Waals surface area contributed by atoms with Crippen molar-refractivity contribution in [1.82, 2.24) is 9.80 Å². The van der Waals surface area contributed by atoms with E-state index in [2.05, 4.69) is 40.1 Å². The zero-order valence-corrected chi connectivity index (χ0v) is 13.2. The van der Waals surface area contributed by atoms with Gasteiger partial charge in [0.15, 0.2) is 0 Å². The first kappa shape index (κ1) is 15.5. The number of benzene rings is 1. The number of aliphatic carboxylic acids is 1. The summed E-state index contributed by atoms with van der Waals surface area (Å²) in [5, 5.41) is 9.23. The molecule has 0 bridgehead atoms. The maximum absolute atomic E-state index is 11.2. The summed E-state index contributed by atoms with van der Waals surface area (Å²) in [6, 6.07) is 11.1. The Labute approximate surface area is 132 Å². The van der Waals surface area contributed by atoms with Crippen molar-refractivity contribution >= 4 is 5.97 Å². The molecule has 2 fully saturated rings. The Morgan fingerprint density at radius 3 is 2.50 bits per heavy atom. The summed E-state index contributed by atoms with van der Waals surface area (Å²) in [5.41, 5.74) is 1.37. The van der Waals surface area contributed by atoms with Crippen molar-refractivity contribution in [2.24, 2.45) is 5.92 Å². The Balaban J connectivity index is 1.48. The van der Waals surface area contributed by atoms with Gasteiger partial charge in [0, 0.05) is 38.8 Å². The van der Waals surface area contributed by atoms with E-state index in [9.17, 15) is 9.90 Å². The molecule has 0 aromatic heterocycles. The summed E-state index contributed by atoms with van der Waals surface area (Å²) in [5.74, 6) is -0.728. The van der Waals surface area contributed by atoms with E-state index in [0.717, 1.165) is 52.0 Å². The molecule has 1 heterocycles. The van der Waals surface area contributed by atoms with Crippen molar-refractivity contribution in [2.45, 2.75) is 38.3 Å². The van der Waals surface area contributed by atoms with Crippen LogP contribution in [0.5, 0.6) is 0 Å². The van der Waals surface area contributed by atoms with Gasteiger partial charge in [-0.25, -0.2) is 0 Å². The normalized spacial score (nSPS) is 27.6. The summed E-state index contributed by atoms with van der Waals surface area (Å²) in [7, 11) is 0. The standard InChI is InChI=1S/C18H26N2O2/c21-18(22)16-7-4-8-17(13-16)20-11-9-19(10-12-20)14-15-5-2-1-3-6-15/h1-3,5-6,16-17H,4,7-14H2,(H,21,22)/t16-,17-/m1/s1. The van der Waals surface area contributed by atoms with E-state index in [1.165, 1.54) is 12.0 Å². The highest BCUT2D eigenvalue weighted by atomic mass is 16.4. The van der Waals surface area contributed by atoms with Gasteiger partial charge in [-0.2, -0.15) is 0 Å². The molecule has 2 atom stereocenters. The van der Waals surface area contributed by atoms with Crippen LogP contribution in [-0.2, 0) is 11.3 Å². The molecule has 1 aliphatic carbocycles. The number of piperazine rings is 1. The summed E-state index contributed by atoms with van der Waals surface area (Å²) < 4.78 is 0. The van der Waals surface area contributed by atoms with E-state index in [1.807, 2.05) is 0 Å². The second-order valence-corrected chi connectivity index (χ2v) is 6.65. The fourth-order valence-electron chi connectivity index (χ4n) is 3.85. The lowest BCUT2D eigenvalue weighted by Gasteiger charge is -2.41. The molecule has 120 valence electrons. The zero-order chi connectivity index (χ0) is 15.4. The van der Waals surface area contributed by atoms with Gasteiger partial charge in [0.25, 0.3) is 0 Å². The van der Waals surface area contributed by atoms with Gasteiger partial charge in [0.05, 0.1) is 5.92 Å². The van der Waals surface area contributed by atoms with E-state index in [4.69, 9.17) is 0 Å². The lowest BCUT2D eigenvalue weighted by molar-refractivity contribution is -0.143. The smallest absolute Gasteiger partial charge is 0.306 e.